The number of rotatable bonds is 4. The van der Waals surface area contributed by atoms with Crippen LogP contribution in [0, 0.1) is 5.92 Å². The van der Waals surface area contributed by atoms with E-state index in [1.54, 1.807) is 17.0 Å². The molecule has 2 saturated heterocycles. The number of likely N-dealkylation sites (tertiary alicyclic amines) is 1. The lowest BCUT2D eigenvalue weighted by Crippen LogP contribution is -2.34. The SMILES string of the molecule is O=C(O)[C@@H]1CN(C(=O)CC2CCCCO2)C[C@H]1c1ccc(Cl)cc1. The van der Waals surface area contributed by atoms with Crippen molar-refractivity contribution in [2.45, 2.75) is 37.7 Å². The number of halogens is 1. The molecule has 2 aliphatic heterocycles. The van der Waals surface area contributed by atoms with Crippen LogP contribution in [0.25, 0.3) is 0 Å². The van der Waals surface area contributed by atoms with Crippen molar-refractivity contribution in [1.82, 2.24) is 4.90 Å². The Morgan fingerprint density at radius 1 is 1.21 bits per heavy atom. The van der Waals surface area contributed by atoms with E-state index in [0.717, 1.165) is 24.8 Å². The lowest BCUT2D eigenvalue weighted by molar-refractivity contribution is -0.142. The highest BCUT2D eigenvalue weighted by atomic mass is 35.5. The zero-order valence-electron chi connectivity index (χ0n) is 13.5. The molecule has 1 N–H and O–H groups in total. The van der Waals surface area contributed by atoms with Crippen LogP contribution in [0.5, 0.6) is 0 Å². The van der Waals surface area contributed by atoms with Gasteiger partial charge in [0.15, 0.2) is 0 Å². The normalized spacial score (nSPS) is 27.2. The second-order valence-electron chi connectivity index (χ2n) is 6.59. The number of aliphatic carboxylic acids is 1. The Morgan fingerprint density at radius 2 is 1.96 bits per heavy atom. The highest BCUT2D eigenvalue weighted by molar-refractivity contribution is 6.30. The first kappa shape index (κ1) is 17.2. The first-order valence-corrected chi connectivity index (χ1v) is 8.80. The average Bonchev–Trinajstić information content (AvgIpc) is 3.02. The summed E-state index contributed by atoms with van der Waals surface area (Å²) in [5.74, 6) is -1.65. The zero-order valence-corrected chi connectivity index (χ0v) is 14.2. The molecule has 0 spiro atoms. The molecule has 130 valence electrons. The van der Waals surface area contributed by atoms with Crippen LogP contribution in [0.1, 0.15) is 37.2 Å². The molecule has 0 saturated carbocycles. The van der Waals surface area contributed by atoms with Gasteiger partial charge in [-0.25, -0.2) is 0 Å². The molecule has 0 bridgehead atoms. The minimum atomic E-state index is -0.862. The number of hydrogen-bond acceptors (Lipinski definition) is 3. The summed E-state index contributed by atoms with van der Waals surface area (Å²) in [5.41, 5.74) is 0.913. The second kappa shape index (κ2) is 7.53. The van der Waals surface area contributed by atoms with Gasteiger partial charge >= 0.3 is 5.97 Å². The Hall–Kier alpha value is -1.59. The predicted molar refractivity (Wildman–Crippen MR) is 90.1 cm³/mol. The number of carboxylic acids is 1. The van der Waals surface area contributed by atoms with Crippen molar-refractivity contribution < 1.29 is 19.4 Å². The van der Waals surface area contributed by atoms with Crippen molar-refractivity contribution >= 4 is 23.5 Å². The van der Waals surface area contributed by atoms with Crippen LogP contribution in [0.15, 0.2) is 24.3 Å². The third kappa shape index (κ3) is 3.90. The van der Waals surface area contributed by atoms with E-state index < -0.39 is 11.9 Å². The van der Waals surface area contributed by atoms with E-state index in [1.165, 1.54) is 0 Å². The maximum atomic E-state index is 12.5. The van der Waals surface area contributed by atoms with Crippen LogP contribution in [-0.2, 0) is 14.3 Å². The van der Waals surface area contributed by atoms with E-state index in [2.05, 4.69) is 0 Å². The second-order valence-corrected chi connectivity index (χ2v) is 7.03. The lowest BCUT2D eigenvalue weighted by atomic mass is 9.89. The van der Waals surface area contributed by atoms with Crippen molar-refractivity contribution in [2.24, 2.45) is 5.92 Å². The maximum Gasteiger partial charge on any atom is 0.308 e. The Labute approximate surface area is 146 Å². The van der Waals surface area contributed by atoms with Crippen LogP contribution in [0.4, 0.5) is 0 Å². The Morgan fingerprint density at radius 3 is 2.58 bits per heavy atom. The van der Waals surface area contributed by atoms with Gasteiger partial charge in [-0.2, -0.15) is 0 Å². The van der Waals surface area contributed by atoms with Crippen LogP contribution >= 0.6 is 11.6 Å². The monoisotopic (exact) mass is 351 g/mol. The highest BCUT2D eigenvalue weighted by Gasteiger charge is 2.40. The van der Waals surface area contributed by atoms with Crippen molar-refractivity contribution in [3.63, 3.8) is 0 Å². The van der Waals surface area contributed by atoms with Gasteiger partial charge in [0.25, 0.3) is 0 Å². The number of ether oxygens (including phenoxy) is 1. The number of hydrogen-bond donors (Lipinski definition) is 1. The van der Waals surface area contributed by atoms with Gasteiger partial charge in [0.05, 0.1) is 18.4 Å². The summed E-state index contributed by atoms with van der Waals surface area (Å²) in [7, 11) is 0. The van der Waals surface area contributed by atoms with Crippen LogP contribution < -0.4 is 0 Å². The fourth-order valence-corrected chi connectivity index (χ4v) is 3.72. The smallest absolute Gasteiger partial charge is 0.308 e. The molecule has 0 aliphatic carbocycles. The molecule has 2 aliphatic rings. The predicted octanol–water partition coefficient (Wildman–Crippen LogP) is 2.93. The minimum Gasteiger partial charge on any atom is -0.481 e. The molecule has 1 aromatic rings. The van der Waals surface area contributed by atoms with E-state index in [9.17, 15) is 14.7 Å². The molecule has 2 fully saturated rings. The van der Waals surface area contributed by atoms with Crippen molar-refractivity contribution in [3.05, 3.63) is 34.9 Å². The molecule has 24 heavy (non-hydrogen) atoms. The summed E-state index contributed by atoms with van der Waals surface area (Å²) in [6.45, 7) is 1.40. The molecular weight excluding hydrogens is 330 g/mol. The van der Waals surface area contributed by atoms with Crippen LogP contribution in [0.2, 0.25) is 5.02 Å². The molecule has 0 aromatic heterocycles. The standard InChI is InChI=1S/C18H22ClNO4/c19-13-6-4-12(5-7-13)15-10-20(11-16(15)18(22)23)17(21)9-14-3-1-2-8-24-14/h4-7,14-16H,1-3,8-11H2,(H,22,23)/t14?,15-,16+/m0/s1. The van der Waals surface area contributed by atoms with Gasteiger partial charge in [-0.3, -0.25) is 9.59 Å². The first-order chi connectivity index (χ1) is 11.5. The number of carbonyl (C=O) groups excluding carboxylic acids is 1. The molecule has 1 amide bonds. The molecule has 6 heteroatoms. The summed E-state index contributed by atoms with van der Waals surface area (Å²) in [6.07, 6.45) is 3.36. The van der Waals surface area contributed by atoms with Crippen LogP contribution in [0.3, 0.4) is 0 Å². The van der Waals surface area contributed by atoms with Crippen molar-refractivity contribution in [1.29, 1.82) is 0 Å². The first-order valence-electron chi connectivity index (χ1n) is 8.42. The van der Waals surface area contributed by atoms with Crippen molar-refractivity contribution in [2.75, 3.05) is 19.7 Å². The van der Waals surface area contributed by atoms with Gasteiger partial charge in [-0.05, 0) is 37.0 Å². The highest BCUT2D eigenvalue weighted by Crippen LogP contribution is 2.34. The molecule has 3 atom stereocenters. The molecule has 5 nitrogen and oxygen atoms in total. The molecule has 1 aromatic carbocycles. The number of carbonyl (C=O) groups is 2. The number of nitrogens with zero attached hydrogens (tertiary/aromatic N) is 1. The largest absolute Gasteiger partial charge is 0.481 e. The van der Waals surface area contributed by atoms with Gasteiger partial charge < -0.3 is 14.7 Å². The third-order valence-corrected chi connectivity index (χ3v) is 5.22. The topological polar surface area (TPSA) is 66.8 Å². The maximum absolute atomic E-state index is 12.5. The Bertz CT molecular complexity index is 598. The summed E-state index contributed by atoms with van der Waals surface area (Å²) < 4.78 is 5.63. The fraction of sp³-hybridized carbons (Fsp3) is 0.556. The number of amides is 1. The van der Waals surface area contributed by atoms with Crippen LogP contribution in [-0.4, -0.2) is 47.7 Å². The fourth-order valence-electron chi connectivity index (χ4n) is 3.60. The van der Waals surface area contributed by atoms with Crippen molar-refractivity contribution in [3.8, 4) is 0 Å². The molecular formula is C18H22ClNO4. The van der Waals surface area contributed by atoms with Gasteiger partial charge in [-0.1, -0.05) is 23.7 Å². The summed E-state index contributed by atoms with van der Waals surface area (Å²) in [5, 5.41) is 10.1. The van der Waals surface area contributed by atoms with Gasteiger partial charge in [0.1, 0.15) is 0 Å². The number of benzene rings is 1. The third-order valence-electron chi connectivity index (χ3n) is 4.96. The quantitative estimate of drug-likeness (QED) is 0.905. The number of carboxylic acid groups (broad SMARTS) is 1. The molecule has 3 rings (SSSR count). The van der Waals surface area contributed by atoms with Gasteiger partial charge in [0, 0.05) is 30.6 Å². The summed E-state index contributed by atoms with van der Waals surface area (Å²) in [6, 6.07) is 7.22. The summed E-state index contributed by atoms with van der Waals surface area (Å²) in [4.78, 5) is 25.8. The van der Waals surface area contributed by atoms with Gasteiger partial charge in [-0.15, -0.1) is 0 Å². The average molecular weight is 352 g/mol. The Kier molecular flexibility index (Phi) is 5.41. The minimum absolute atomic E-state index is 0.00962. The van der Waals surface area contributed by atoms with E-state index >= 15 is 0 Å². The van der Waals surface area contributed by atoms with Gasteiger partial charge in [0.2, 0.25) is 5.91 Å². The van der Waals surface area contributed by atoms with E-state index in [4.69, 9.17) is 16.3 Å². The zero-order chi connectivity index (χ0) is 17.1. The molecule has 2 heterocycles. The Balaban J connectivity index is 1.68. The van der Waals surface area contributed by atoms with E-state index in [1.807, 2.05) is 12.1 Å². The van der Waals surface area contributed by atoms with E-state index in [0.29, 0.717) is 24.6 Å². The molecule has 0 radical (unpaired) electrons. The lowest BCUT2D eigenvalue weighted by Gasteiger charge is -2.24. The molecule has 1 unspecified atom stereocenters. The van der Waals surface area contributed by atoms with E-state index in [-0.39, 0.29) is 24.5 Å². The summed E-state index contributed by atoms with van der Waals surface area (Å²) >= 11 is 5.91.